The first-order valence-electron chi connectivity index (χ1n) is 5.27. The molecule has 3 nitrogen and oxygen atoms in total. The van der Waals surface area contributed by atoms with Crippen molar-refractivity contribution in [2.75, 3.05) is 14.2 Å². The van der Waals surface area contributed by atoms with E-state index in [4.69, 9.17) is 21.1 Å². The van der Waals surface area contributed by atoms with E-state index in [0.717, 1.165) is 2.88 Å². The Morgan fingerprint density at radius 2 is 2.05 bits per heavy atom. The van der Waals surface area contributed by atoms with Crippen molar-refractivity contribution in [1.29, 1.82) is 0 Å². The molecule has 0 saturated carbocycles. The topological polar surface area (TPSA) is 35.5 Å². The normalized spacial score (nSPS) is 10.3. The summed E-state index contributed by atoms with van der Waals surface area (Å²) in [6, 6.07) is 5.16. The molecule has 0 saturated heterocycles. The van der Waals surface area contributed by atoms with Gasteiger partial charge in [-0.25, -0.2) is 0 Å². The zero-order valence-electron chi connectivity index (χ0n) is 10.2. The lowest BCUT2D eigenvalue weighted by Crippen LogP contribution is -2.04. The van der Waals surface area contributed by atoms with Crippen LogP contribution in [0.3, 0.4) is 0 Å². The first kappa shape index (κ1) is 14.6. The highest BCUT2D eigenvalue weighted by Crippen LogP contribution is 2.38. The molecule has 2 aromatic rings. The predicted octanol–water partition coefficient (Wildman–Crippen LogP) is 4.25. The van der Waals surface area contributed by atoms with Crippen LogP contribution in [0.4, 0.5) is 0 Å². The fourth-order valence-corrected chi connectivity index (χ4v) is 3.30. The molecule has 0 aliphatic carbocycles. The van der Waals surface area contributed by atoms with Crippen molar-refractivity contribution in [3.8, 4) is 11.5 Å². The van der Waals surface area contributed by atoms with Crippen LogP contribution in [0.1, 0.15) is 15.9 Å². The third kappa shape index (κ3) is 2.88. The van der Waals surface area contributed by atoms with Gasteiger partial charge in [0.25, 0.3) is 0 Å². The van der Waals surface area contributed by atoms with Gasteiger partial charge in [0, 0.05) is 10.9 Å². The van der Waals surface area contributed by atoms with Gasteiger partial charge in [-0.3, -0.25) is 4.79 Å². The number of hydrogen-bond acceptors (Lipinski definition) is 4. The minimum absolute atomic E-state index is 0.111. The molecule has 0 aliphatic rings. The van der Waals surface area contributed by atoms with Crippen LogP contribution in [-0.4, -0.2) is 20.0 Å². The van der Waals surface area contributed by atoms with E-state index < -0.39 is 0 Å². The van der Waals surface area contributed by atoms with Gasteiger partial charge in [0.15, 0.2) is 11.5 Å². The molecule has 19 heavy (non-hydrogen) atoms. The summed E-state index contributed by atoms with van der Waals surface area (Å²) in [5.41, 5.74) is 1.07. The molecule has 1 aromatic carbocycles. The average Bonchev–Trinajstić information content (AvgIpc) is 2.84. The van der Waals surface area contributed by atoms with Crippen molar-refractivity contribution >= 4 is 51.3 Å². The van der Waals surface area contributed by atoms with Crippen LogP contribution in [-0.2, 0) is 0 Å². The van der Waals surface area contributed by atoms with E-state index in [-0.39, 0.29) is 5.78 Å². The maximum atomic E-state index is 12.4. The summed E-state index contributed by atoms with van der Waals surface area (Å²) in [7, 11) is 3.00. The Kier molecular flexibility index (Phi) is 4.70. The zero-order valence-corrected chi connectivity index (χ0v) is 13.9. The van der Waals surface area contributed by atoms with Gasteiger partial charge >= 0.3 is 0 Å². The van der Waals surface area contributed by atoms with E-state index in [1.165, 1.54) is 25.6 Å². The summed E-state index contributed by atoms with van der Waals surface area (Å²) >= 11 is 9.85. The van der Waals surface area contributed by atoms with E-state index in [1.807, 2.05) is 11.4 Å². The molecule has 0 atom stereocenters. The Bertz CT molecular complexity index is 624. The second kappa shape index (κ2) is 6.11. The smallest absolute Gasteiger partial charge is 0.197 e. The second-order valence-corrected chi connectivity index (χ2v) is 6.81. The molecule has 0 N–H and O–H groups in total. The Balaban J connectivity index is 2.50. The minimum atomic E-state index is -0.111. The molecule has 1 aromatic heterocycles. The van der Waals surface area contributed by atoms with Crippen molar-refractivity contribution < 1.29 is 14.3 Å². The molecule has 0 spiro atoms. The maximum absolute atomic E-state index is 12.4. The summed E-state index contributed by atoms with van der Waals surface area (Å²) in [6.45, 7) is 0. The van der Waals surface area contributed by atoms with Crippen LogP contribution in [0.25, 0.3) is 0 Å². The molecule has 0 bridgehead atoms. The van der Waals surface area contributed by atoms with Crippen molar-refractivity contribution in [3.63, 3.8) is 0 Å². The summed E-state index contributed by atoms with van der Waals surface area (Å²) in [5, 5.41) is 2.13. The van der Waals surface area contributed by atoms with Crippen LogP contribution in [0.5, 0.6) is 11.5 Å². The lowest BCUT2D eigenvalue weighted by Gasteiger charge is -2.11. The van der Waals surface area contributed by atoms with E-state index in [1.54, 1.807) is 12.1 Å². The molecule has 2 rings (SSSR count). The van der Waals surface area contributed by atoms with E-state index >= 15 is 0 Å². The molecule has 100 valence electrons. The van der Waals surface area contributed by atoms with E-state index in [9.17, 15) is 4.79 Å². The Morgan fingerprint density at radius 1 is 1.32 bits per heavy atom. The van der Waals surface area contributed by atoms with Crippen LogP contribution in [0.2, 0.25) is 5.02 Å². The molecule has 1 heterocycles. The number of carbonyl (C=O) groups is 1. The number of ketones is 1. The molecule has 0 unspecified atom stereocenters. The number of methoxy groups -OCH3 is 2. The molecule has 0 amide bonds. The van der Waals surface area contributed by atoms with Gasteiger partial charge in [-0.15, -0.1) is 11.3 Å². The van der Waals surface area contributed by atoms with Crippen molar-refractivity contribution in [2.45, 2.75) is 0 Å². The highest BCUT2D eigenvalue weighted by Gasteiger charge is 2.20. The van der Waals surface area contributed by atoms with Crippen LogP contribution in [0, 0.1) is 2.88 Å². The van der Waals surface area contributed by atoms with Crippen molar-refractivity contribution in [3.05, 3.63) is 42.6 Å². The number of ether oxygens (including phenoxy) is 2. The number of rotatable bonds is 4. The Hall–Kier alpha value is -0.790. The van der Waals surface area contributed by atoms with Crippen LogP contribution in [0.15, 0.2) is 23.6 Å². The molecular weight excluding hydrogens is 399 g/mol. The second-order valence-electron chi connectivity index (χ2n) is 3.63. The molecule has 6 heteroatoms. The van der Waals surface area contributed by atoms with Gasteiger partial charge < -0.3 is 9.47 Å². The third-order valence-corrected chi connectivity index (χ3v) is 4.71. The first-order chi connectivity index (χ1) is 9.08. The van der Waals surface area contributed by atoms with Crippen LogP contribution < -0.4 is 9.47 Å². The first-order valence-corrected chi connectivity index (χ1v) is 7.61. The summed E-state index contributed by atoms with van der Waals surface area (Å²) in [4.78, 5) is 12.4. The number of carbonyl (C=O) groups excluding carboxylic acids is 1. The largest absolute Gasteiger partial charge is 0.495 e. The quantitative estimate of drug-likeness (QED) is 0.560. The van der Waals surface area contributed by atoms with Crippen LogP contribution >= 0.6 is 45.5 Å². The average molecular weight is 409 g/mol. The summed E-state index contributed by atoms with van der Waals surface area (Å²) < 4.78 is 11.4. The fourth-order valence-electron chi connectivity index (χ4n) is 1.66. The summed E-state index contributed by atoms with van der Waals surface area (Å²) in [6.07, 6.45) is 0. The minimum Gasteiger partial charge on any atom is -0.495 e. The van der Waals surface area contributed by atoms with Gasteiger partial charge in [0.05, 0.1) is 22.7 Å². The monoisotopic (exact) mass is 408 g/mol. The number of thiophene rings is 1. The van der Waals surface area contributed by atoms with Gasteiger partial charge in [-0.2, -0.15) is 0 Å². The Labute approximate surface area is 133 Å². The van der Waals surface area contributed by atoms with Gasteiger partial charge in [0.1, 0.15) is 10.8 Å². The lowest BCUT2D eigenvalue weighted by atomic mass is 10.0. The third-order valence-electron chi connectivity index (χ3n) is 2.56. The summed E-state index contributed by atoms with van der Waals surface area (Å²) in [5.74, 6) is 0.711. The predicted molar refractivity (Wildman–Crippen MR) is 85.0 cm³/mol. The maximum Gasteiger partial charge on any atom is 0.197 e. The number of halogens is 2. The molecule has 0 radical (unpaired) electrons. The Morgan fingerprint density at radius 3 is 2.58 bits per heavy atom. The standard InChI is InChI=1S/C13H10ClIO3S/c1-17-9-4-3-8(13(18-2)11(9)14)12(16)7-5-10(15)19-6-7/h3-6H,1-2H3. The number of benzene rings is 1. The number of hydrogen-bond donors (Lipinski definition) is 0. The van der Waals surface area contributed by atoms with Gasteiger partial charge in [-0.05, 0) is 40.8 Å². The molecular formula is C13H10ClIO3S. The highest BCUT2D eigenvalue weighted by atomic mass is 127. The SMILES string of the molecule is COc1ccc(C(=O)c2csc(I)c2)c(OC)c1Cl. The van der Waals surface area contributed by atoms with Crippen molar-refractivity contribution in [2.24, 2.45) is 0 Å². The lowest BCUT2D eigenvalue weighted by molar-refractivity contribution is 0.103. The van der Waals surface area contributed by atoms with Gasteiger partial charge in [0.2, 0.25) is 0 Å². The van der Waals surface area contributed by atoms with Gasteiger partial charge in [-0.1, -0.05) is 11.6 Å². The zero-order chi connectivity index (χ0) is 14.0. The van der Waals surface area contributed by atoms with Crippen molar-refractivity contribution in [1.82, 2.24) is 0 Å². The molecule has 0 fully saturated rings. The fraction of sp³-hybridized carbons (Fsp3) is 0.154. The van der Waals surface area contributed by atoms with E-state index in [0.29, 0.717) is 27.6 Å². The highest BCUT2D eigenvalue weighted by molar-refractivity contribution is 14.1. The van der Waals surface area contributed by atoms with E-state index in [2.05, 4.69) is 22.6 Å². The molecule has 0 aliphatic heterocycles.